The minimum absolute atomic E-state index is 0. The van der Waals surface area contributed by atoms with Crippen molar-refractivity contribution in [3.8, 4) is 0 Å². The second kappa shape index (κ2) is 29.3. The van der Waals surface area contributed by atoms with Crippen molar-refractivity contribution in [2.24, 2.45) is 0 Å². The Balaban J connectivity index is -0.0000000617. The first-order valence-corrected chi connectivity index (χ1v) is 4.42. The predicted octanol–water partition coefficient (Wildman–Crippen LogP) is 0.224. The summed E-state index contributed by atoms with van der Waals surface area (Å²) < 4.78 is 4.40. The third kappa shape index (κ3) is 102. The second-order valence-corrected chi connectivity index (χ2v) is 2.11. The molecule has 6 heteroatoms. The number of hydrogen-bond acceptors (Lipinski definition) is 4. The first-order chi connectivity index (χ1) is 6.60. The molecule has 0 aromatic carbocycles. The lowest BCUT2D eigenvalue weighted by molar-refractivity contribution is -0.140. The van der Waals surface area contributed by atoms with Gasteiger partial charge in [-0.25, -0.2) is 0 Å². The van der Waals surface area contributed by atoms with Gasteiger partial charge in [0.25, 0.3) is 6.47 Å². The molecule has 94 valence electrons. The molecule has 0 fully saturated rings. The highest BCUT2D eigenvalue weighted by Gasteiger charge is 1.81. The molecule has 0 unspecified atom stereocenters. The van der Waals surface area contributed by atoms with Crippen LogP contribution in [0.2, 0.25) is 0 Å². The van der Waals surface area contributed by atoms with Crippen LogP contribution in [-0.2, 0) is 14.3 Å². The van der Waals surface area contributed by atoms with E-state index in [0.717, 1.165) is 12.8 Å². The zero-order valence-electron chi connectivity index (χ0n) is 9.52. The van der Waals surface area contributed by atoms with Crippen molar-refractivity contribution in [2.75, 3.05) is 13.2 Å². The van der Waals surface area contributed by atoms with E-state index in [1.165, 1.54) is 6.92 Å². The topological polar surface area (TPSA) is 115 Å². The minimum Gasteiger partial charge on any atom is -0.483 e. The van der Waals surface area contributed by atoms with Crippen LogP contribution in [0.3, 0.4) is 0 Å². The van der Waals surface area contributed by atoms with Crippen LogP contribution in [0.4, 0.5) is 0 Å². The summed E-state index contributed by atoms with van der Waals surface area (Å²) in [6.07, 6.45) is 2.04. The van der Waals surface area contributed by atoms with Crippen molar-refractivity contribution in [3.05, 3.63) is 0 Å². The van der Waals surface area contributed by atoms with E-state index in [9.17, 15) is 4.79 Å². The zero-order chi connectivity index (χ0) is 11.8. The maximum Gasteiger partial charge on any atom is 0.302 e. The van der Waals surface area contributed by atoms with Gasteiger partial charge in [0, 0.05) is 13.5 Å². The Bertz CT molecular complexity index is 113. The summed E-state index contributed by atoms with van der Waals surface area (Å²) in [6.45, 7) is 5.80. The van der Waals surface area contributed by atoms with Crippen LogP contribution in [-0.4, -0.2) is 41.3 Å². The van der Waals surface area contributed by atoms with Crippen molar-refractivity contribution >= 4 is 12.4 Å². The Morgan fingerprint density at radius 1 is 1.40 bits per heavy atom. The molecule has 0 radical (unpaired) electrons. The molecule has 0 aliphatic rings. The quantitative estimate of drug-likeness (QED) is 0.527. The Morgan fingerprint density at radius 2 is 1.80 bits per heavy atom. The SMILES string of the molecule is CCCCO.CCOC(C)=O.O.O=CO. The molecular weight excluding hydrogens is 204 g/mol. The van der Waals surface area contributed by atoms with E-state index in [0.29, 0.717) is 13.2 Å². The molecule has 0 aliphatic carbocycles. The van der Waals surface area contributed by atoms with Gasteiger partial charge in [0.1, 0.15) is 0 Å². The molecule has 15 heavy (non-hydrogen) atoms. The monoisotopic (exact) mass is 226 g/mol. The van der Waals surface area contributed by atoms with E-state index < -0.39 is 0 Å². The Morgan fingerprint density at radius 3 is 1.80 bits per heavy atom. The summed E-state index contributed by atoms with van der Waals surface area (Å²) in [6, 6.07) is 0. The van der Waals surface area contributed by atoms with Crippen LogP contribution in [0.1, 0.15) is 33.6 Å². The lowest BCUT2D eigenvalue weighted by Gasteiger charge is -1.89. The number of carboxylic acid groups (broad SMARTS) is 1. The van der Waals surface area contributed by atoms with Gasteiger partial charge in [-0.2, -0.15) is 0 Å². The summed E-state index contributed by atoms with van der Waals surface area (Å²) in [5.74, 6) is -0.211. The van der Waals surface area contributed by atoms with Crippen LogP contribution in [0.5, 0.6) is 0 Å². The molecule has 0 saturated heterocycles. The molecule has 0 aromatic heterocycles. The molecule has 0 rings (SSSR count). The van der Waals surface area contributed by atoms with Crippen molar-refractivity contribution < 1.29 is 30.0 Å². The van der Waals surface area contributed by atoms with Gasteiger partial charge in [0.05, 0.1) is 6.61 Å². The summed E-state index contributed by atoms with van der Waals surface area (Å²) in [5, 5.41) is 15.0. The number of carbonyl (C=O) groups is 2. The van der Waals surface area contributed by atoms with Gasteiger partial charge in [-0.05, 0) is 13.3 Å². The largest absolute Gasteiger partial charge is 0.483 e. The molecular formula is C9H22O6. The first-order valence-electron chi connectivity index (χ1n) is 4.42. The van der Waals surface area contributed by atoms with Crippen LogP contribution in [0.25, 0.3) is 0 Å². The number of rotatable bonds is 3. The molecule has 0 aromatic rings. The van der Waals surface area contributed by atoms with Gasteiger partial charge in [-0.15, -0.1) is 0 Å². The fourth-order valence-corrected chi connectivity index (χ4v) is 0.361. The van der Waals surface area contributed by atoms with E-state index in [-0.39, 0.29) is 17.9 Å². The molecule has 6 nitrogen and oxygen atoms in total. The highest BCUT2D eigenvalue weighted by Crippen LogP contribution is 1.78. The smallest absolute Gasteiger partial charge is 0.302 e. The van der Waals surface area contributed by atoms with Crippen molar-refractivity contribution in [3.63, 3.8) is 0 Å². The van der Waals surface area contributed by atoms with E-state index >= 15 is 0 Å². The van der Waals surface area contributed by atoms with Gasteiger partial charge in [0.15, 0.2) is 0 Å². The number of hydrogen-bond donors (Lipinski definition) is 2. The van der Waals surface area contributed by atoms with Gasteiger partial charge in [0.2, 0.25) is 0 Å². The van der Waals surface area contributed by atoms with Crippen LogP contribution < -0.4 is 0 Å². The summed E-state index contributed by atoms with van der Waals surface area (Å²) in [5.41, 5.74) is 0. The molecule has 0 heterocycles. The normalized spacial score (nSPS) is 6.67. The zero-order valence-corrected chi connectivity index (χ0v) is 9.52. The molecule has 0 atom stereocenters. The van der Waals surface area contributed by atoms with Crippen molar-refractivity contribution in [1.82, 2.24) is 0 Å². The lowest BCUT2D eigenvalue weighted by atomic mass is 10.4. The van der Waals surface area contributed by atoms with Gasteiger partial charge in [-0.3, -0.25) is 9.59 Å². The highest BCUT2D eigenvalue weighted by molar-refractivity contribution is 5.65. The Labute approximate surface area is 90.2 Å². The molecule has 0 amide bonds. The molecule has 0 bridgehead atoms. The minimum atomic E-state index is -0.250. The Kier molecular flexibility index (Phi) is 46.0. The molecule has 0 aliphatic heterocycles. The highest BCUT2D eigenvalue weighted by atomic mass is 16.5. The number of carbonyl (C=O) groups excluding carboxylic acids is 1. The van der Waals surface area contributed by atoms with E-state index in [4.69, 9.17) is 15.0 Å². The van der Waals surface area contributed by atoms with Crippen molar-refractivity contribution in [1.29, 1.82) is 0 Å². The maximum absolute atomic E-state index is 9.82. The fourth-order valence-electron chi connectivity index (χ4n) is 0.361. The number of esters is 1. The third-order valence-electron chi connectivity index (χ3n) is 0.859. The number of ether oxygens (including phenoxy) is 1. The van der Waals surface area contributed by atoms with Crippen LogP contribution in [0, 0.1) is 0 Å². The standard InChI is InChI=1S/C4H8O2.C4H10O.CH2O2.H2O/c1-3-6-4(2)5;1-2-3-4-5;2-1-3;/h3H2,1-2H3;5H,2-4H2,1H3;1H,(H,2,3);1H2. The second-order valence-electron chi connectivity index (χ2n) is 2.11. The van der Waals surface area contributed by atoms with E-state index in [2.05, 4.69) is 11.7 Å². The summed E-state index contributed by atoms with van der Waals surface area (Å²) in [7, 11) is 0. The number of aliphatic hydroxyl groups is 1. The molecule has 4 N–H and O–H groups in total. The van der Waals surface area contributed by atoms with Crippen molar-refractivity contribution in [2.45, 2.75) is 33.6 Å². The van der Waals surface area contributed by atoms with Gasteiger partial charge < -0.3 is 20.4 Å². The average molecular weight is 226 g/mol. The predicted molar refractivity (Wildman–Crippen MR) is 56.6 cm³/mol. The summed E-state index contributed by atoms with van der Waals surface area (Å²) >= 11 is 0. The number of unbranched alkanes of at least 4 members (excludes halogenated alkanes) is 1. The van der Waals surface area contributed by atoms with E-state index in [1.54, 1.807) is 6.92 Å². The summed E-state index contributed by atoms with van der Waals surface area (Å²) in [4.78, 5) is 18.2. The molecule has 0 saturated carbocycles. The van der Waals surface area contributed by atoms with Crippen LogP contribution >= 0.6 is 0 Å². The first kappa shape index (κ1) is 23.6. The Hall–Kier alpha value is -1.14. The van der Waals surface area contributed by atoms with Gasteiger partial charge >= 0.3 is 5.97 Å². The van der Waals surface area contributed by atoms with Crippen LogP contribution in [0.15, 0.2) is 0 Å². The average Bonchev–Trinajstić information content (AvgIpc) is 2.07. The number of aliphatic hydroxyl groups excluding tert-OH is 1. The third-order valence-corrected chi connectivity index (χ3v) is 0.859. The fraction of sp³-hybridized carbons (Fsp3) is 0.778. The van der Waals surface area contributed by atoms with Gasteiger partial charge in [-0.1, -0.05) is 13.3 Å². The maximum atomic E-state index is 9.82. The molecule has 0 spiro atoms. The lowest BCUT2D eigenvalue weighted by Crippen LogP contribution is -1.95. The van der Waals surface area contributed by atoms with E-state index in [1.807, 2.05) is 0 Å².